The fraction of sp³-hybridized carbons (Fsp3) is 0.364. The summed E-state index contributed by atoms with van der Waals surface area (Å²) in [6.45, 7) is 0. The molecule has 0 radical (unpaired) electrons. The summed E-state index contributed by atoms with van der Waals surface area (Å²) < 4.78 is 15.1. The summed E-state index contributed by atoms with van der Waals surface area (Å²) in [6.07, 6.45) is 3.16. The molecule has 0 spiro atoms. The van der Waals surface area contributed by atoms with Gasteiger partial charge in [0.05, 0.1) is 17.1 Å². The van der Waals surface area contributed by atoms with Gasteiger partial charge in [0.2, 0.25) is 0 Å². The summed E-state index contributed by atoms with van der Waals surface area (Å²) in [5, 5.41) is 16.7. The van der Waals surface area contributed by atoms with Crippen LogP contribution in [0.15, 0.2) is 12.1 Å². The molecule has 17 heavy (non-hydrogen) atoms. The molecule has 0 atom stereocenters. The summed E-state index contributed by atoms with van der Waals surface area (Å²) in [4.78, 5) is 10.9. The molecule has 1 fully saturated rings. The topological polar surface area (TPSA) is 68.0 Å². The van der Waals surface area contributed by atoms with Crippen molar-refractivity contribution >= 4 is 17.0 Å². The van der Waals surface area contributed by atoms with E-state index >= 15 is 0 Å². The van der Waals surface area contributed by atoms with E-state index in [0.29, 0.717) is 11.0 Å². The second-order valence-corrected chi connectivity index (χ2v) is 4.24. The number of carboxylic acids is 1. The average molecular weight is 235 g/mol. The molecule has 0 amide bonds. The van der Waals surface area contributed by atoms with Crippen molar-refractivity contribution in [3.05, 3.63) is 23.5 Å². The number of hydrogen-bond acceptors (Lipinski definition) is 3. The summed E-state index contributed by atoms with van der Waals surface area (Å²) in [7, 11) is 0. The number of carbonyl (C=O) groups is 1. The number of rotatable bonds is 2. The lowest BCUT2D eigenvalue weighted by Gasteiger charge is -2.25. The lowest BCUT2D eigenvalue weighted by molar-refractivity contribution is 0.0692. The maximum absolute atomic E-state index is 13.4. The molecule has 2 aromatic rings. The molecule has 0 saturated heterocycles. The van der Waals surface area contributed by atoms with Gasteiger partial charge in [0.15, 0.2) is 0 Å². The Morgan fingerprint density at radius 1 is 1.47 bits per heavy atom. The van der Waals surface area contributed by atoms with Crippen molar-refractivity contribution in [1.82, 2.24) is 15.0 Å². The van der Waals surface area contributed by atoms with E-state index in [4.69, 9.17) is 5.11 Å². The van der Waals surface area contributed by atoms with Crippen LogP contribution in [0.2, 0.25) is 0 Å². The van der Waals surface area contributed by atoms with Crippen LogP contribution in [0.1, 0.15) is 35.7 Å². The molecular weight excluding hydrogens is 225 g/mol. The zero-order valence-corrected chi connectivity index (χ0v) is 8.93. The van der Waals surface area contributed by atoms with Crippen LogP contribution in [0.3, 0.4) is 0 Å². The molecule has 0 bridgehead atoms. The van der Waals surface area contributed by atoms with Gasteiger partial charge in [-0.1, -0.05) is 5.21 Å². The Hall–Kier alpha value is -1.98. The van der Waals surface area contributed by atoms with Crippen LogP contribution in [-0.4, -0.2) is 26.1 Å². The standard InChI is InChI=1S/C11H10FN3O2/c12-8-5-9-10(4-7(8)11(16)17)15(14-13-9)6-2-1-3-6/h4-6H,1-3H2,(H,16,17). The van der Waals surface area contributed by atoms with Gasteiger partial charge >= 0.3 is 5.97 Å². The number of hydrogen-bond donors (Lipinski definition) is 1. The van der Waals surface area contributed by atoms with Crippen molar-refractivity contribution in [2.75, 3.05) is 0 Å². The second-order valence-electron chi connectivity index (χ2n) is 4.24. The smallest absolute Gasteiger partial charge is 0.338 e. The molecule has 1 heterocycles. The van der Waals surface area contributed by atoms with E-state index in [1.54, 1.807) is 4.68 Å². The molecule has 1 N–H and O–H groups in total. The number of halogens is 1. The monoisotopic (exact) mass is 235 g/mol. The molecule has 3 rings (SSSR count). The third-order valence-electron chi connectivity index (χ3n) is 3.21. The van der Waals surface area contributed by atoms with E-state index in [-0.39, 0.29) is 11.6 Å². The van der Waals surface area contributed by atoms with Crippen LogP contribution in [0, 0.1) is 5.82 Å². The molecule has 1 aliphatic carbocycles. The van der Waals surface area contributed by atoms with Crippen molar-refractivity contribution in [3.8, 4) is 0 Å². The Bertz CT molecular complexity index is 604. The van der Waals surface area contributed by atoms with Crippen molar-refractivity contribution in [2.24, 2.45) is 0 Å². The van der Waals surface area contributed by atoms with Crippen molar-refractivity contribution in [1.29, 1.82) is 0 Å². The van der Waals surface area contributed by atoms with Gasteiger partial charge in [-0.2, -0.15) is 0 Å². The molecule has 1 aliphatic rings. The van der Waals surface area contributed by atoms with Gasteiger partial charge in [-0.3, -0.25) is 0 Å². The van der Waals surface area contributed by atoms with Crippen LogP contribution in [-0.2, 0) is 0 Å². The Morgan fingerprint density at radius 3 is 2.82 bits per heavy atom. The number of aromatic nitrogens is 3. The van der Waals surface area contributed by atoms with Gasteiger partial charge in [0, 0.05) is 6.07 Å². The average Bonchev–Trinajstić information content (AvgIpc) is 2.57. The van der Waals surface area contributed by atoms with E-state index in [1.807, 2.05) is 0 Å². The number of carboxylic acid groups (broad SMARTS) is 1. The van der Waals surface area contributed by atoms with E-state index in [2.05, 4.69) is 10.3 Å². The first kappa shape index (κ1) is 10.2. The first-order valence-electron chi connectivity index (χ1n) is 5.44. The summed E-state index contributed by atoms with van der Waals surface area (Å²) in [5.74, 6) is -2.04. The Balaban J connectivity index is 2.19. The minimum atomic E-state index is -1.27. The predicted molar refractivity (Wildman–Crippen MR) is 57.3 cm³/mol. The maximum atomic E-state index is 13.4. The highest BCUT2D eigenvalue weighted by Crippen LogP contribution is 2.33. The van der Waals surface area contributed by atoms with E-state index in [1.165, 1.54) is 6.07 Å². The first-order valence-corrected chi connectivity index (χ1v) is 5.44. The van der Waals surface area contributed by atoms with Crippen LogP contribution in [0.5, 0.6) is 0 Å². The molecular formula is C11H10FN3O2. The zero-order valence-electron chi connectivity index (χ0n) is 8.93. The SMILES string of the molecule is O=C(O)c1cc2c(cc1F)nnn2C1CCC1. The molecule has 0 aliphatic heterocycles. The maximum Gasteiger partial charge on any atom is 0.338 e. The minimum Gasteiger partial charge on any atom is -0.478 e. The Labute approximate surface area is 95.8 Å². The minimum absolute atomic E-state index is 0.270. The summed E-state index contributed by atoms with van der Waals surface area (Å²) in [6, 6.07) is 2.71. The van der Waals surface area contributed by atoms with Crippen LogP contribution in [0.25, 0.3) is 11.0 Å². The third-order valence-corrected chi connectivity index (χ3v) is 3.21. The van der Waals surface area contributed by atoms with Crippen molar-refractivity contribution < 1.29 is 14.3 Å². The molecule has 1 aromatic heterocycles. The highest BCUT2D eigenvalue weighted by Gasteiger charge is 2.24. The van der Waals surface area contributed by atoms with E-state index in [0.717, 1.165) is 25.3 Å². The van der Waals surface area contributed by atoms with Crippen molar-refractivity contribution in [3.63, 3.8) is 0 Å². The second kappa shape index (κ2) is 3.51. The van der Waals surface area contributed by atoms with Gasteiger partial charge in [0.1, 0.15) is 11.3 Å². The van der Waals surface area contributed by atoms with Gasteiger partial charge in [0.25, 0.3) is 0 Å². The van der Waals surface area contributed by atoms with E-state index in [9.17, 15) is 9.18 Å². The molecule has 5 nitrogen and oxygen atoms in total. The lowest BCUT2D eigenvalue weighted by atomic mass is 9.93. The number of fused-ring (bicyclic) bond motifs is 1. The fourth-order valence-corrected chi connectivity index (χ4v) is 2.02. The predicted octanol–water partition coefficient (Wildman–Crippen LogP) is 1.99. The number of nitrogens with zero attached hydrogens (tertiary/aromatic N) is 3. The van der Waals surface area contributed by atoms with Crippen LogP contribution in [0.4, 0.5) is 4.39 Å². The molecule has 1 saturated carbocycles. The number of benzene rings is 1. The molecule has 88 valence electrons. The Morgan fingerprint density at radius 2 is 2.24 bits per heavy atom. The molecule has 6 heteroatoms. The Kier molecular flexibility index (Phi) is 2.10. The number of aromatic carboxylic acids is 1. The van der Waals surface area contributed by atoms with Crippen LogP contribution < -0.4 is 0 Å². The zero-order chi connectivity index (χ0) is 12.0. The normalized spacial score (nSPS) is 16.1. The quantitative estimate of drug-likeness (QED) is 0.864. The van der Waals surface area contributed by atoms with Crippen LogP contribution >= 0.6 is 0 Å². The van der Waals surface area contributed by atoms with E-state index < -0.39 is 11.8 Å². The molecule has 0 unspecified atom stereocenters. The highest BCUT2D eigenvalue weighted by molar-refractivity contribution is 5.92. The summed E-state index contributed by atoms with van der Waals surface area (Å²) >= 11 is 0. The largest absolute Gasteiger partial charge is 0.478 e. The lowest BCUT2D eigenvalue weighted by Crippen LogP contribution is -2.18. The van der Waals surface area contributed by atoms with Gasteiger partial charge in [-0.25, -0.2) is 13.9 Å². The highest BCUT2D eigenvalue weighted by atomic mass is 19.1. The fourth-order valence-electron chi connectivity index (χ4n) is 2.02. The van der Waals surface area contributed by atoms with Crippen molar-refractivity contribution in [2.45, 2.75) is 25.3 Å². The van der Waals surface area contributed by atoms with Gasteiger partial charge in [-0.05, 0) is 25.3 Å². The first-order chi connectivity index (χ1) is 8.16. The summed E-state index contributed by atoms with van der Waals surface area (Å²) in [5.41, 5.74) is 0.660. The van der Waals surface area contributed by atoms with Gasteiger partial charge in [-0.15, -0.1) is 5.10 Å². The van der Waals surface area contributed by atoms with Gasteiger partial charge < -0.3 is 5.11 Å². The third kappa shape index (κ3) is 1.48. The molecule has 1 aromatic carbocycles.